The van der Waals surface area contributed by atoms with E-state index in [0.29, 0.717) is 0 Å². The van der Waals surface area contributed by atoms with Crippen LogP contribution in [0.1, 0.15) is 43.5 Å². The van der Waals surface area contributed by atoms with Gasteiger partial charge in [-0.3, -0.25) is 0 Å². The van der Waals surface area contributed by atoms with Crippen LogP contribution in [0, 0.1) is 19.3 Å². The van der Waals surface area contributed by atoms with Gasteiger partial charge >= 0.3 is 0 Å². The van der Waals surface area contributed by atoms with Crippen LogP contribution >= 0.6 is 12.4 Å². The number of halogens is 1. The molecule has 0 aliphatic rings. The van der Waals surface area contributed by atoms with Crippen molar-refractivity contribution < 1.29 is 5.11 Å². The number of aryl methyl sites for hydroxylation is 1. The van der Waals surface area contributed by atoms with Gasteiger partial charge < -0.3 is 10.8 Å². The van der Waals surface area contributed by atoms with Crippen LogP contribution in [0.5, 0.6) is 0 Å². The van der Waals surface area contributed by atoms with Crippen LogP contribution < -0.4 is 5.73 Å². The summed E-state index contributed by atoms with van der Waals surface area (Å²) in [6, 6.07) is 5.74. The Morgan fingerprint density at radius 1 is 1.18 bits per heavy atom. The topological polar surface area (TPSA) is 46.2 Å². The Morgan fingerprint density at radius 3 is 2.18 bits per heavy atom. The molecule has 3 heteroatoms. The predicted octanol–water partition coefficient (Wildman–Crippen LogP) is 3.13. The van der Waals surface area contributed by atoms with Crippen molar-refractivity contribution >= 4 is 12.4 Å². The summed E-state index contributed by atoms with van der Waals surface area (Å²) in [5, 5.41) is 10.2. The van der Waals surface area contributed by atoms with Crippen molar-refractivity contribution in [1.82, 2.24) is 0 Å². The molecular formula is C14H24ClNO. The molecule has 0 spiro atoms. The van der Waals surface area contributed by atoms with E-state index in [9.17, 15) is 5.11 Å². The lowest BCUT2D eigenvalue weighted by Gasteiger charge is -2.32. The Bertz CT molecular complexity index is 371. The Balaban J connectivity index is 0.00000256. The first-order chi connectivity index (χ1) is 7.25. The van der Waals surface area contributed by atoms with Crippen molar-refractivity contribution in [3.05, 3.63) is 34.9 Å². The molecule has 1 aromatic carbocycles. The first-order valence-corrected chi connectivity index (χ1v) is 5.75. The third-order valence-corrected chi connectivity index (χ3v) is 3.23. The van der Waals surface area contributed by atoms with Crippen molar-refractivity contribution in [3.8, 4) is 0 Å². The molecule has 17 heavy (non-hydrogen) atoms. The summed E-state index contributed by atoms with van der Waals surface area (Å²) in [4.78, 5) is 0. The summed E-state index contributed by atoms with van der Waals surface area (Å²) >= 11 is 0. The highest BCUT2D eigenvalue weighted by Crippen LogP contribution is 2.30. The van der Waals surface area contributed by atoms with Crippen LogP contribution in [-0.4, -0.2) is 11.2 Å². The van der Waals surface area contributed by atoms with Crippen LogP contribution in [0.15, 0.2) is 18.2 Å². The Hall–Kier alpha value is -0.570. The number of benzene rings is 1. The molecule has 1 aromatic rings. The van der Waals surface area contributed by atoms with Gasteiger partial charge in [-0.15, -0.1) is 12.4 Å². The molecule has 2 nitrogen and oxygen atoms in total. The molecule has 0 aliphatic heterocycles. The molecule has 98 valence electrons. The number of aliphatic hydroxyl groups is 1. The molecule has 0 unspecified atom stereocenters. The summed E-state index contributed by atoms with van der Waals surface area (Å²) in [5.41, 5.74) is 9.39. The van der Waals surface area contributed by atoms with Crippen LogP contribution in [0.25, 0.3) is 0 Å². The lowest BCUT2D eigenvalue weighted by Crippen LogP contribution is -2.37. The van der Waals surface area contributed by atoms with E-state index < -0.39 is 6.10 Å². The monoisotopic (exact) mass is 257 g/mol. The van der Waals surface area contributed by atoms with Crippen LogP contribution in [0.4, 0.5) is 0 Å². The maximum atomic E-state index is 10.2. The quantitative estimate of drug-likeness (QED) is 0.855. The third kappa shape index (κ3) is 3.70. The molecule has 0 bridgehead atoms. The van der Waals surface area contributed by atoms with Gasteiger partial charge in [0.1, 0.15) is 0 Å². The highest BCUT2D eigenvalue weighted by Gasteiger charge is 2.29. The average Bonchev–Trinajstić information content (AvgIpc) is 2.18. The summed E-state index contributed by atoms with van der Waals surface area (Å²) in [6.45, 7) is 10.1. The van der Waals surface area contributed by atoms with Gasteiger partial charge in [-0.1, -0.05) is 39.0 Å². The Morgan fingerprint density at radius 2 is 1.71 bits per heavy atom. The SMILES string of the molecule is Cc1cccc([C@H](N)[C@H](O)C(C)(C)C)c1C.Cl. The summed E-state index contributed by atoms with van der Waals surface area (Å²) in [5.74, 6) is 0. The molecule has 2 atom stereocenters. The maximum Gasteiger partial charge on any atom is 0.0781 e. The lowest BCUT2D eigenvalue weighted by molar-refractivity contribution is 0.0399. The minimum Gasteiger partial charge on any atom is -0.391 e. The first kappa shape index (κ1) is 16.4. The lowest BCUT2D eigenvalue weighted by atomic mass is 9.81. The van der Waals surface area contributed by atoms with Crippen molar-refractivity contribution in [2.45, 2.75) is 46.8 Å². The fraction of sp³-hybridized carbons (Fsp3) is 0.571. The fourth-order valence-corrected chi connectivity index (χ4v) is 1.84. The number of hydrogen-bond acceptors (Lipinski definition) is 2. The van der Waals surface area contributed by atoms with Crippen molar-refractivity contribution in [2.24, 2.45) is 11.1 Å². The van der Waals surface area contributed by atoms with E-state index in [-0.39, 0.29) is 23.9 Å². The van der Waals surface area contributed by atoms with Gasteiger partial charge in [0, 0.05) is 0 Å². The van der Waals surface area contributed by atoms with E-state index in [4.69, 9.17) is 5.73 Å². The molecule has 0 fully saturated rings. The second-order valence-corrected chi connectivity index (χ2v) is 5.63. The zero-order valence-electron chi connectivity index (χ0n) is 11.3. The largest absolute Gasteiger partial charge is 0.391 e. The third-order valence-electron chi connectivity index (χ3n) is 3.23. The van der Waals surface area contributed by atoms with Gasteiger partial charge in [0.25, 0.3) is 0 Å². The van der Waals surface area contributed by atoms with Crippen LogP contribution in [0.3, 0.4) is 0 Å². The maximum absolute atomic E-state index is 10.2. The second-order valence-electron chi connectivity index (χ2n) is 5.63. The van der Waals surface area contributed by atoms with Gasteiger partial charge in [0.05, 0.1) is 12.1 Å². The van der Waals surface area contributed by atoms with Crippen LogP contribution in [-0.2, 0) is 0 Å². The van der Waals surface area contributed by atoms with E-state index in [2.05, 4.69) is 19.9 Å². The molecule has 0 saturated heterocycles. The Labute approximate surface area is 111 Å². The normalized spacial score (nSPS) is 15.0. The molecule has 0 saturated carbocycles. The number of nitrogens with two attached hydrogens (primary N) is 1. The fourth-order valence-electron chi connectivity index (χ4n) is 1.84. The zero-order chi connectivity index (χ0) is 12.5. The second kappa shape index (κ2) is 5.85. The number of aliphatic hydroxyl groups excluding tert-OH is 1. The standard InChI is InChI=1S/C14H23NO.ClH/c1-9-7-6-8-11(10(9)2)12(15)13(16)14(3,4)5;/h6-8,12-13,16H,15H2,1-5H3;1H/t12-,13-;/m0./s1. The first-order valence-electron chi connectivity index (χ1n) is 5.75. The molecule has 1 rings (SSSR count). The molecule has 0 radical (unpaired) electrons. The summed E-state index contributed by atoms with van der Waals surface area (Å²) in [6.07, 6.45) is -0.534. The smallest absolute Gasteiger partial charge is 0.0781 e. The van der Waals surface area contributed by atoms with Gasteiger partial charge in [-0.2, -0.15) is 0 Å². The minimum absolute atomic E-state index is 0. The molecular weight excluding hydrogens is 234 g/mol. The van der Waals surface area contributed by atoms with E-state index in [1.807, 2.05) is 32.9 Å². The van der Waals surface area contributed by atoms with E-state index in [1.54, 1.807) is 0 Å². The molecule has 0 aromatic heterocycles. The zero-order valence-corrected chi connectivity index (χ0v) is 12.1. The number of rotatable bonds is 2. The van der Waals surface area contributed by atoms with Gasteiger partial charge in [-0.25, -0.2) is 0 Å². The van der Waals surface area contributed by atoms with Crippen LogP contribution in [0.2, 0.25) is 0 Å². The molecule has 3 N–H and O–H groups in total. The minimum atomic E-state index is -0.534. The van der Waals surface area contributed by atoms with Gasteiger partial charge in [-0.05, 0) is 36.0 Å². The van der Waals surface area contributed by atoms with Gasteiger partial charge in [0.2, 0.25) is 0 Å². The van der Waals surface area contributed by atoms with Gasteiger partial charge in [0.15, 0.2) is 0 Å². The highest BCUT2D eigenvalue weighted by molar-refractivity contribution is 5.85. The van der Waals surface area contributed by atoms with E-state index in [1.165, 1.54) is 11.1 Å². The van der Waals surface area contributed by atoms with Crippen molar-refractivity contribution in [1.29, 1.82) is 0 Å². The predicted molar refractivity (Wildman–Crippen MR) is 75.6 cm³/mol. The van der Waals surface area contributed by atoms with Crippen molar-refractivity contribution in [2.75, 3.05) is 0 Å². The van der Waals surface area contributed by atoms with E-state index >= 15 is 0 Å². The van der Waals surface area contributed by atoms with E-state index in [0.717, 1.165) is 5.56 Å². The van der Waals surface area contributed by atoms with Crippen molar-refractivity contribution in [3.63, 3.8) is 0 Å². The molecule has 0 amide bonds. The molecule has 0 aliphatic carbocycles. The summed E-state index contributed by atoms with van der Waals surface area (Å²) in [7, 11) is 0. The summed E-state index contributed by atoms with van der Waals surface area (Å²) < 4.78 is 0. The molecule has 0 heterocycles. The average molecular weight is 258 g/mol. The highest BCUT2D eigenvalue weighted by atomic mass is 35.5. The Kier molecular flexibility index (Phi) is 5.66. The number of hydrogen-bond donors (Lipinski definition) is 2.